The van der Waals surface area contributed by atoms with Gasteiger partial charge >= 0.3 is 27.7 Å². The summed E-state index contributed by atoms with van der Waals surface area (Å²) in [5, 5.41) is 14.6. The molecule has 0 aromatic rings. The van der Waals surface area contributed by atoms with Crippen LogP contribution in [0.2, 0.25) is 0 Å². The second-order valence-electron chi connectivity index (χ2n) is 0.447. The number of nitrogens with zero attached hydrogens (tertiary/aromatic N) is 2. The molecule has 8 heavy (non-hydrogen) atoms. The van der Waals surface area contributed by atoms with Crippen molar-refractivity contribution in [1.82, 2.24) is 0 Å². The van der Waals surface area contributed by atoms with Crippen molar-refractivity contribution in [3.63, 3.8) is 0 Å². The zero-order valence-corrected chi connectivity index (χ0v) is 6.90. The molecule has 0 atom stereocenters. The molecule has 0 aromatic carbocycles. The van der Waals surface area contributed by atoms with E-state index in [4.69, 9.17) is 10.5 Å². The standard InChI is InChI=1S/2C2H3N.ClH.Pd/c2*1-2-3;;/h2*1H3;1H;/q;;;+1/p-1. The van der Waals surface area contributed by atoms with E-state index >= 15 is 0 Å². The van der Waals surface area contributed by atoms with E-state index in [9.17, 15) is 0 Å². The summed E-state index contributed by atoms with van der Waals surface area (Å²) in [6, 6.07) is 3.50. The summed E-state index contributed by atoms with van der Waals surface area (Å²) in [5.41, 5.74) is 0. The molecule has 0 bridgehead atoms. The van der Waals surface area contributed by atoms with Crippen molar-refractivity contribution in [1.29, 1.82) is 10.5 Å². The molecule has 0 heterocycles. The van der Waals surface area contributed by atoms with Gasteiger partial charge in [-0.05, 0) is 0 Å². The first-order valence-corrected chi connectivity index (χ1v) is 3.57. The molecular formula is C4H6ClN2Pd. The van der Waals surface area contributed by atoms with E-state index < -0.39 is 0 Å². The zero-order valence-electron chi connectivity index (χ0n) is 4.59. The first kappa shape index (κ1) is 15.7. The third kappa shape index (κ3) is 31500. The monoisotopic (exact) mass is 223 g/mol. The van der Waals surface area contributed by atoms with Crippen molar-refractivity contribution >= 4 is 9.53 Å². The summed E-state index contributed by atoms with van der Waals surface area (Å²) in [4.78, 5) is 0. The Balaban J connectivity index is -0.0000000483. The van der Waals surface area contributed by atoms with Crippen LogP contribution in [-0.2, 0) is 18.2 Å². The Bertz CT molecular complexity index is 69.0. The molecular weight excluding hydrogens is 218 g/mol. The van der Waals surface area contributed by atoms with Gasteiger partial charge in [0.05, 0.1) is 12.1 Å². The number of halogens is 1. The SMILES string of the molecule is CC#N.CC#N.[Cl][Pd]. The maximum absolute atomic E-state index is 7.32. The average Bonchev–Trinajstić information content (AvgIpc) is 1.75. The molecule has 4 heteroatoms. The van der Waals surface area contributed by atoms with Crippen LogP contribution in [0.15, 0.2) is 0 Å². The Hall–Kier alpha value is -0.0677. The molecule has 0 rings (SSSR count). The van der Waals surface area contributed by atoms with Crippen LogP contribution < -0.4 is 0 Å². The molecule has 0 saturated heterocycles. The molecule has 0 unspecified atom stereocenters. The number of nitriles is 2. The summed E-state index contributed by atoms with van der Waals surface area (Å²) in [6.45, 7) is 2.86. The fourth-order valence-corrected chi connectivity index (χ4v) is 0. The van der Waals surface area contributed by atoms with Crippen LogP contribution >= 0.6 is 9.53 Å². The van der Waals surface area contributed by atoms with Gasteiger partial charge < -0.3 is 0 Å². The Labute approximate surface area is 64.4 Å². The van der Waals surface area contributed by atoms with Crippen LogP contribution in [0.1, 0.15) is 13.8 Å². The summed E-state index contributed by atoms with van der Waals surface area (Å²) in [6.07, 6.45) is 0. The van der Waals surface area contributed by atoms with E-state index in [0.717, 1.165) is 0 Å². The number of hydrogen-bond acceptors (Lipinski definition) is 2. The summed E-state index contributed by atoms with van der Waals surface area (Å²) in [7, 11) is 4.49. The van der Waals surface area contributed by atoms with E-state index in [-0.39, 0.29) is 0 Å². The second-order valence-corrected chi connectivity index (χ2v) is 0.447. The molecule has 0 N–H and O–H groups in total. The van der Waals surface area contributed by atoms with Crippen molar-refractivity contribution in [3.05, 3.63) is 0 Å². The number of rotatable bonds is 0. The van der Waals surface area contributed by atoms with Crippen LogP contribution in [0, 0.1) is 22.7 Å². The fraction of sp³-hybridized carbons (Fsp3) is 0.500. The third-order valence-corrected chi connectivity index (χ3v) is 0. The molecule has 0 aliphatic carbocycles. The van der Waals surface area contributed by atoms with Crippen molar-refractivity contribution in [2.75, 3.05) is 0 Å². The molecule has 0 amide bonds. The van der Waals surface area contributed by atoms with Crippen molar-refractivity contribution in [3.8, 4) is 12.1 Å². The van der Waals surface area contributed by atoms with Gasteiger partial charge in [-0.25, -0.2) is 0 Å². The normalized spacial score (nSPS) is 2.88. The molecule has 0 fully saturated rings. The second kappa shape index (κ2) is 65.3. The van der Waals surface area contributed by atoms with Gasteiger partial charge in [-0.2, -0.15) is 10.5 Å². The molecule has 0 aliphatic rings. The van der Waals surface area contributed by atoms with Gasteiger partial charge in [0.1, 0.15) is 0 Å². The Morgan fingerprint density at radius 1 is 1.12 bits per heavy atom. The Morgan fingerprint density at radius 2 is 1.12 bits per heavy atom. The van der Waals surface area contributed by atoms with Crippen molar-refractivity contribution in [2.45, 2.75) is 13.8 Å². The van der Waals surface area contributed by atoms with Crippen molar-refractivity contribution in [2.24, 2.45) is 0 Å². The average molecular weight is 224 g/mol. The van der Waals surface area contributed by atoms with Gasteiger partial charge in [0, 0.05) is 13.8 Å². The van der Waals surface area contributed by atoms with E-state index in [1.165, 1.54) is 13.8 Å². The predicted octanol–water partition coefficient (Wildman–Crippen LogP) is 1.75. The van der Waals surface area contributed by atoms with Crippen LogP contribution in [0.3, 0.4) is 0 Å². The first-order chi connectivity index (χ1) is 3.83. The molecule has 0 radical (unpaired) electrons. The van der Waals surface area contributed by atoms with Gasteiger partial charge in [-0.15, -0.1) is 0 Å². The van der Waals surface area contributed by atoms with Gasteiger partial charge in [0.25, 0.3) is 0 Å². The van der Waals surface area contributed by atoms with Crippen LogP contribution in [0.5, 0.6) is 0 Å². The van der Waals surface area contributed by atoms with Gasteiger partial charge in [-0.1, -0.05) is 0 Å². The molecule has 0 aliphatic heterocycles. The van der Waals surface area contributed by atoms with Crippen LogP contribution in [0.25, 0.3) is 0 Å². The molecule has 49 valence electrons. The topological polar surface area (TPSA) is 47.6 Å². The third-order valence-electron chi connectivity index (χ3n) is 0. The van der Waals surface area contributed by atoms with Gasteiger partial charge in [0.2, 0.25) is 0 Å². The van der Waals surface area contributed by atoms with Gasteiger partial charge in [0.15, 0.2) is 0 Å². The van der Waals surface area contributed by atoms with E-state index in [2.05, 4.69) is 27.7 Å². The maximum atomic E-state index is 7.32. The summed E-state index contributed by atoms with van der Waals surface area (Å²) < 4.78 is 0. The zero-order chi connectivity index (χ0) is 7.41. The Morgan fingerprint density at radius 3 is 1.12 bits per heavy atom. The van der Waals surface area contributed by atoms with E-state index in [1.54, 1.807) is 12.1 Å². The van der Waals surface area contributed by atoms with Crippen molar-refractivity contribution < 1.29 is 18.2 Å². The molecule has 0 saturated carbocycles. The summed E-state index contributed by atoms with van der Waals surface area (Å²) >= 11 is 2.22. The van der Waals surface area contributed by atoms with E-state index in [1.807, 2.05) is 0 Å². The fourth-order valence-electron chi connectivity index (χ4n) is 0. The number of hydrogen-bond donors (Lipinski definition) is 0. The van der Waals surface area contributed by atoms with Crippen LogP contribution in [0.4, 0.5) is 0 Å². The molecule has 0 aromatic heterocycles. The van der Waals surface area contributed by atoms with Crippen LogP contribution in [-0.4, -0.2) is 0 Å². The minimum absolute atomic E-state index is 1.43. The quantitative estimate of drug-likeness (QED) is 0.588. The molecule has 0 spiro atoms. The molecule has 2 nitrogen and oxygen atoms in total. The van der Waals surface area contributed by atoms with Gasteiger partial charge in [-0.3, -0.25) is 0 Å². The van der Waals surface area contributed by atoms with E-state index in [0.29, 0.717) is 0 Å². The Kier molecular flexibility index (Phi) is 128. The summed E-state index contributed by atoms with van der Waals surface area (Å²) in [5.74, 6) is 0. The predicted molar refractivity (Wildman–Crippen MR) is 28.4 cm³/mol. The first-order valence-electron chi connectivity index (χ1n) is 1.57. The minimum atomic E-state index is 1.43.